The predicted octanol–water partition coefficient (Wildman–Crippen LogP) is -3.50. The summed E-state index contributed by atoms with van der Waals surface area (Å²) < 4.78 is 31.6. The minimum atomic E-state index is -4.67. The van der Waals surface area contributed by atoms with E-state index in [1.54, 1.807) is 0 Å². The molecule has 0 fully saturated rings. The van der Waals surface area contributed by atoms with Gasteiger partial charge in [-0.3, -0.25) is 9.11 Å². The second-order valence-corrected chi connectivity index (χ2v) is 1.34. The number of aliphatic hydroxyl groups is 1. The zero-order valence-electron chi connectivity index (χ0n) is 4.27. The van der Waals surface area contributed by atoms with E-state index in [4.69, 9.17) is 22.6 Å². The van der Waals surface area contributed by atoms with Gasteiger partial charge >= 0.3 is 40.0 Å². The number of rotatable bonds is 0. The molecule has 0 saturated heterocycles. The maximum atomic E-state index is 8.74. The first kappa shape index (κ1) is 15.9. The molecule has 0 rings (SSSR count). The predicted molar refractivity (Wildman–Crippen MR) is 21.5 cm³/mol. The van der Waals surface area contributed by atoms with Crippen molar-refractivity contribution in [3.8, 4) is 0 Å². The zero-order valence-corrected chi connectivity index (χ0v) is 7.09. The Morgan fingerprint density at radius 3 is 1.12 bits per heavy atom. The summed E-state index contributed by atoms with van der Waals surface area (Å²) in [5.74, 6) is 0. The second kappa shape index (κ2) is 7.83. The van der Waals surface area contributed by atoms with Gasteiger partial charge in [0, 0.05) is 0 Å². The van der Waals surface area contributed by atoms with Gasteiger partial charge in [0.2, 0.25) is 0 Å². The summed E-state index contributed by atoms with van der Waals surface area (Å²) in [5, 5.41) is 6.75. The van der Waals surface area contributed by atoms with Crippen LogP contribution in [0.2, 0.25) is 0 Å². The van der Waals surface area contributed by atoms with E-state index < -0.39 is 10.4 Å². The van der Waals surface area contributed by atoms with Crippen LogP contribution in [0.15, 0.2) is 0 Å². The number of hydrogen-bond donors (Lipinski definition) is 3. The fourth-order valence-electron chi connectivity index (χ4n) is 0. The van der Waals surface area contributed by atoms with Crippen LogP contribution in [0.1, 0.15) is 0 Å². The van der Waals surface area contributed by atoms with E-state index in [0.29, 0.717) is 0 Å². The molecule has 0 heterocycles. The van der Waals surface area contributed by atoms with Gasteiger partial charge in [0.25, 0.3) is 0 Å². The average molecular weight is 152 g/mol. The molecular weight excluding hydrogens is 147 g/mol. The molecule has 46 valence electrons. The summed E-state index contributed by atoms with van der Waals surface area (Å²) >= 11 is 0. The van der Waals surface area contributed by atoms with Crippen LogP contribution in [0.4, 0.5) is 0 Å². The molecule has 8 heavy (non-hydrogen) atoms. The monoisotopic (exact) mass is 152 g/mol. The normalized spacial score (nSPS) is 8.00. The molecule has 0 aliphatic rings. The van der Waals surface area contributed by atoms with Crippen molar-refractivity contribution in [2.45, 2.75) is 0 Å². The summed E-state index contributed by atoms with van der Waals surface area (Å²) in [4.78, 5) is 0. The van der Waals surface area contributed by atoms with E-state index in [9.17, 15) is 0 Å². The van der Waals surface area contributed by atoms with Crippen LogP contribution in [0.3, 0.4) is 0 Å². The third kappa shape index (κ3) is 337. The average Bonchev–Trinajstić information content (AvgIpc) is 1.36. The number of hydrogen-bond acceptors (Lipinski definition) is 3. The molecule has 7 heteroatoms. The van der Waals surface area contributed by atoms with E-state index in [2.05, 4.69) is 7.11 Å². The van der Waals surface area contributed by atoms with Crippen molar-refractivity contribution in [3.05, 3.63) is 7.11 Å². The largest absolute Gasteiger partial charge is 1.00 e. The van der Waals surface area contributed by atoms with Gasteiger partial charge in [-0.15, -0.1) is 0 Å². The third-order valence-electron chi connectivity index (χ3n) is 0. The van der Waals surface area contributed by atoms with E-state index in [1.807, 2.05) is 0 Å². The fourth-order valence-corrected chi connectivity index (χ4v) is 0. The number of aliphatic hydroxyl groups excluding tert-OH is 1. The van der Waals surface area contributed by atoms with Crippen LogP contribution in [0.5, 0.6) is 0 Å². The molecule has 0 aromatic carbocycles. The van der Waals surface area contributed by atoms with Crippen molar-refractivity contribution in [2.75, 3.05) is 0 Å². The summed E-state index contributed by atoms with van der Waals surface area (Å²) in [5.41, 5.74) is 0. The van der Waals surface area contributed by atoms with Crippen molar-refractivity contribution in [3.63, 3.8) is 0 Å². The van der Waals surface area contributed by atoms with Crippen LogP contribution in [0.25, 0.3) is 0 Å². The van der Waals surface area contributed by atoms with Gasteiger partial charge in [0.15, 0.2) is 0 Å². The molecule has 0 aromatic rings. The first-order valence-electron chi connectivity index (χ1n) is 1.01. The van der Waals surface area contributed by atoms with Crippen LogP contribution in [-0.2, 0) is 10.4 Å². The Morgan fingerprint density at radius 1 is 1.12 bits per heavy atom. The minimum Gasteiger partial charge on any atom is -0.569 e. The van der Waals surface area contributed by atoms with Crippen LogP contribution in [0, 0.1) is 7.11 Å². The molecule has 0 spiro atoms. The Bertz CT molecular complexity index is 95.6. The van der Waals surface area contributed by atoms with Crippen molar-refractivity contribution in [2.24, 2.45) is 0 Å². The maximum Gasteiger partial charge on any atom is 1.00 e. The summed E-state index contributed by atoms with van der Waals surface area (Å²) in [6.45, 7) is 0. The van der Waals surface area contributed by atoms with Gasteiger partial charge in [0.1, 0.15) is 0 Å². The Labute approximate surface area is 69.6 Å². The molecule has 0 aliphatic heterocycles. The zero-order chi connectivity index (χ0) is 6.50. The first-order chi connectivity index (χ1) is 3.00. The molecule has 0 aromatic heterocycles. The van der Waals surface area contributed by atoms with Gasteiger partial charge in [-0.25, -0.2) is 7.11 Å². The van der Waals surface area contributed by atoms with Gasteiger partial charge in [-0.1, -0.05) is 0 Å². The molecule has 0 aliphatic carbocycles. The van der Waals surface area contributed by atoms with E-state index in [-0.39, 0.29) is 29.6 Å². The Kier molecular flexibility index (Phi) is 15.6. The summed E-state index contributed by atoms with van der Waals surface area (Å²) in [6.07, 6.45) is 0. The Balaban J connectivity index is -0.0000000750. The van der Waals surface area contributed by atoms with Crippen LogP contribution < -0.4 is 29.6 Å². The standard InChI is InChI=1S/CH3O.Na.H2O4S/c1-2;;1-5(2,3)4/h2H,1H2;;(H2,1,2,3,4)/q-1;+1;. The van der Waals surface area contributed by atoms with Gasteiger partial charge in [0.05, 0.1) is 0 Å². The summed E-state index contributed by atoms with van der Waals surface area (Å²) in [7, 11) is -2.42. The van der Waals surface area contributed by atoms with Crippen molar-refractivity contribution < 1.29 is 52.2 Å². The molecule has 0 radical (unpaired) electrons. The van der Waals surface area contributed by atoms with E-state index >= 15 is 0 Å². The van der Waals surface area contributed by atoms with Crippen LogP contribution >= 0.6 is 0 Å². The van der Waals surface area contributed by atoms with Gasteiger partial charge < -0.3 is 5.11 Å². The third-order valence-corrected chi connectivity index (χ3v) is 0. The first-order valence-corrected chi connectivity index (χ1v) is 2.41. The topological polar surface area (TPSA) is 94.8 Å². The summed E-state index contributed by atoms with van der Waals surface area (Å²) in [6, 6.07) is 0. The van der Waals surface area contributed by atoms with E-state index in [1.165, 1.54) is 0 Å². The van der Waals surface area contributed by atoms with Crippen LogP contribution in [-0.4, -0.2) is 22.6 Å². The molecule has 0 saturated carbocycles. The molecule has 3 N–H and O–H groups in total. The quantitative estimate of drug-likeness (QED) is 0.190. The fraction of sp³-hybridized carbons (Fsp3) is 0. The molecule has 0 atom stereocenters. The van der Waals surface area contributed by atoms with Gasteiger partial charge in [-0.05, 0) is 0 Å². The molecule has 5 nitrogen and oxygen atoms in total. The van der Waals surface area contributed by atoms with Crippen molar-refractivity contribution >= 4 is 10.4 Å². The van der Waals surface area contributed by atoms with Crippen molar-refractivity contribution in [1.82, 2.24) is 0 Å². The molecule has 0 amide bonds. The minimum absolute atomic E-state index is 0. The smallest absolute Gasteiger partial charge is 0.569 e. The molecule has 0 unspecified atom stereocenters. The van der Waals surface area contributed by atoms with Gasteiger partial charge in [-0.2, -0.15) is 8.42 Å². The second-order valence-electron chi connectivity index (χ2n) is 0.448. The van der Waals surface area contributed by atoms with E-state index in [0.717, 1.165) is 0 Å². The Morgan fingerprint density at radius 2 is 1.12 bits per heavy atom. The molecular formula is CH5NaO5S. The van der Waals surface area contributed by atoms with Crippen molar-refractivity contribution in [1.29, 1.82) is 0 Å². The Hall–Kier alpha value is 0.830. The maximum absolute atomic E-state index is 8.74. The molecule has 0 bridgehead atoms. The SMILES string of the molecule is O=S(=O)(O)O.[CH2-]O.[Na+].